The predicted molar refractivity (Wildman–Crippen MR) is 79.7 cm³/mol. The fraction of sp³-hybridized carbons (Fsp3) is 0.500. The molecule has 1 aromatic heterocycles. The molecule has 1 atom stereocenters. The van der Waals surface area contributed by atoms with Crippen molar-refractivity contribution in [3.8, 4) is 0 Å². The number of nitrogens with one attached hydrogen (secondary N) is 2. The van der Waals surface area contributed by atoms with Crippen LogP contribution in [-0.4, -0.2) is 42.6 Å². The maximum atomic E-state index is 11.2. The molecule has 0 saturated carbocycles. The van der Waals surface area contributed by atoms with Gasteiger partial charge in [0.05, 0.1) is 0 Å². The molecule has 2 heterocycles. The number of amides is 1. The second-order valence-electron chi connectivity index (χ2n) is 4.91. The lowest BCUT2D eigenvalue weighted by Gasteiger charge is -2.33. The van der Waals surface area contributed by atoms with Crippen molar-refractivity contribution in [2.75, 3.05) is 36.9 Å². The molecule has 0 bridgehead atoms. The maximum Gasteiger partial charge on any atom is 0.243 e. The fourth-order valence-corrected chi connectivity index (χ4v) is 2.41. The summed E-state index contributed by atoms with van der Waals surface area (Å²) in [7, 11) is 1.84. The molecule has 1 saturated heterocycles. The summed E-state index contributed by atoms with van der Waals surface area (Å²) in [6.45, 7) is 6.04. The van der Waals surface area contributed by atoms with Gasteiger partial charge in [-0.3, -0.25) is 4.79 Å². The van der Waals surface area contributed by atoms with E-state index < -0.39 is 0 Å². The summed E-state index contributed by atoms with van der Waals surface area (Å²) in [5, 5.41) is 5.89. The molecule has 1 aromatic rings. The minimum Gasteiger partial charge on any atom is -0.373 e. The maximum absolute atomic E-state index is 11.2. The molecule has 0 spiro atoms. The van der Waals surface area contributed by atoms with E-state index in [1.54, 1.807) is 6.33 Å². The normalized spacial score (nSPS) is 18.4. The third-order valence-corrected chi connectivity index (χ3v) is 3.50. The van der Waals surface area contributed by atoms with Gasteiger partial charge in [0.25, 0.3) is 0 Å². The van der Waals surface area contributed by atoms with Gasteiger partial charge < -0.3 is 15.5 Å². The van der Waals surface area contributed by atoms with Crippen LogP contribution >= 0.6 is 0 Å². The Labute approximate surface area is 119 Å². The number of nitrogens with zero attached hydrogens (tertiary/aromatic N) is 3. The van der Waals surface area contributed by atoms with Crippen LogP contribution in [0.3, 0.4) is 0 Å². The number of carbonyl (C=O) groups is 1. The smallest absolute Gasteiger partial charge is 0.243 e. The van der Waals surface area contributed by atoms with Crippen molar-refractivity contribution in [1.29, 1.82) is 0 Å². The lowest BCUT2D eigenvalue weighted by Crippen LogP contribution is -2.41. The van der Waals surface area contributed by atoms with E-state index in [1.807, 2.05) is 13.1 Å². The predicted octanol–water partition coefficient (Wildman–Crippen LogP) is 1.04. The van der Waals surface area contributed by atoms with Gasteiger partial charge in [-0.2, -0.15) is 0 Å². The highest BCUT2D eigenvalue weighted by Crippen LogP contribution is 2.22. The lowest BCUT2D eigenvalue weighted by atomic mass is 9.98. The van der Waals surface area contributed by atoms with Crippen LogP contribution in [0.15, 0.2) is 25.0 Å². The number of rotatable bonds is 5. The number of hydrogen-bond donors (Lipinski definition) is 2. The van der Waals surface area contributed by atoms with E-state index in [0.29, 0.717) is 12.5 Å². The van der Waals surface area contributed by atoms with E-state index in [2.05, 4.69) is 32.1 Å². The van der Waals surface area contributed by atoms with Crippen molar-refractivity contribution in [3.05, 3.63) is 25.0 Å². The Balaban J connectivity index is 1.95. The zero-order valence-electron chi connectivity index (χ0n) is 11.8. The number of piperidine rings is 1. The molecule has 1 amide bonds. The quantitative estimate of drug-likeness (QED) is 0.786. The van der Waals surface area contributed by atoms with E-state index in [0.717, 1.165) is 37.6 Å². The third-order valence-electron chi connectivity index (χ3n) is 3.50. The topological polar surface area (TPSA) is 70.2 Å². The van der Waals surface area contributed by atoms with Crippen LogP contribution < -0.4 is 15.5 Å². The molecule has 20 heavy (non-hydrogen) atoms. The monoisotopic (exact) mass is 275 g/mol. The SMILES string of the molecule is C=CC(=O)NCC1CCCN(c2cc(NC)ncn2)C1. The lowest BCUT2D eigenvalue weighted by molar-refractivity contribution is -0.116. The molecule has 0 aromatic carbocycles. The van der Waals surface area contributed by atoms with Crippen LogP contribution in [0.25, 0.3) is 0 Å². The van der Waals surface area contributed by atoms with E-state index in [4.69, 9.17) is 0 Å². The van der Waals surface area contributed by atoms with Crippen molar-refractivity contribution in [2.24, 2.45) is 5.92 Å². The molecule has 1 unspecified atom stereocenters. The Hall–Kier alpha value is -2.11. The second kappa shape index (κ2) is 6.88. The van der Waals surface area contributed by atoms with Gasteiger partial charge in [-0.1, -0.05) is 6.58 Å². The summed E-state index contributed by atoms with van der Waals surface area (Å²) < 4.78 is 0. The van der Waals surface area contributed by atoms with Crippen LogP contribution in [-0.2, 0) is 4.79 Å². The Kier molecular flexibility index (Phi) is 4.92. The van der Waals surface area contributed by atoms with Gasteiger partial charge in [0, 0.05) is 32.7 Å². The molecule has 6 heteroatoms. The second-order valence-corrected chi connectivity index (χ2v) is 4.91. The number of hydrogen-bond acceptors (Lipinski definition) is 5. The average Bonchev–Trinajstić information content (AvgIpc) is 2.53. The van der Waals surface area contributed by atoms with E-state index >= 15 is 0 Å². The van der Waals surface area contributed by atoms with E-state index in [-0.39, 0.29) is 5.91 Å². The Morgan fingerprint density at radius 1 is 1.60 bits per heavy atom. The number of carbonyl (C=O) groups excluding carboxylic acids is 1. The van der Waals surface area contributed by atoms with Crippen LogP contribution in [0, 0.1) is 5.92 Å². The van der Waals surface area contributed by atoms with Gasteiger partial charge in [0.15, 0.2) is 0 Å². The first-order valence-electron chi connectivity index (χ1n) is 6.88. The summed E-state index contributed by atoms with van der Waals surface area (Å²) in [4.78, 5) is 21.9. The first kappa shape index (κ1) is 14.3. The summed E-state index contributed by atoms with van der Waals surface area (Å²) in [5.74, 6) is 2.09. The minimum atomic E-state index is -0.110. The van der Waals surface area contributed by atoms with E-state index in [9.17, 15) is 4.79 Å². The summed E-state index contributed by atoms with van der Waals surface area (Å²) in [6.07, 6.45) is 5.11. The standard InChI is InChI=1S/C14H21N5O/c1-3-14(20)16-8-11-5-4-6-19(9-11)13-7-12(15-2)17-10-18-13/h3,7,10-11H,1,4-6,8-9H2,2H3,(H,16,20)(H,15,17,18). The molecule has 0 radical (unpaired) electrons. The molecule has 2 N–H and O–H groups in total. The first-order valence-corrected chi connectivity index (χ1v) is 6.88. The molecule has 108 valence electrons. The minimum absolute atomic E-state index is 0.110. The highest BCUT2D eigenvalue weighted by atomic mass is 16.1. The molecular weight excluding hydrogens is 254 g/mol. The fourth-order valence-electron chi connectivity index (χ4n) is 2.41. The summed E-state index contributed by atoms with van der Waals surface area (Å²) in [5.41, 5.74) is 0. The molecule has 1 aliphatic heterocycles. The van der Waals surface area contributed by atoms with Crippen LogP contribution in [0.4, 0.5) is 11.6 Å². The molecule has 1 aliphatic rings. The average molecular weight is 275 g/mol. The van der Waals surface area contributed by atoms with Crippen LogP contribution in [0.1, 0.15) is 12.8 Å². The highest BCUT2D eigenvalue weighted by Gasteiger charge is 2.21. The molecule has 1 fully saturated rings. The van der Waals surface area contributed by atoms with Gasteiger partial charge in [-0.05, 0) is 24.8 Å². The Morgan fingerprint density at radius 3 is 3.20 bits per heavy atom. The Bertz CT molecular complexity index is 476. The third kappa shape index (κ3) is 3.69. The molecular formula is C14H21N5O. The largest absolute Gasteiger partial charge is 0.373 e. The molecule has 6 nitrogen and oxygen atoms in total. The van der Waals surface area contributed by atoms with Crippen molar-refractivity contribution in [3.63, 3.8) is 0 Å². The van der Waals surface area contributed by atoms with Gasteiger partial charge in [-0.25, -0.2) is 9.97 Å². The zero-order valence-corrected chi connectivity index (χ0v) is 11.8. The van der Waals surface area contributed by atoms with Gasteiger partial charge in [-0.15, -0.1) is 0 Å². The number of aromatic nitrogens is 2. The van der Waals surface area contributed by atoms with Crippen molar-refractivity contribution in [2.45, 2.75) is 12.8 Å². The molecule has 0 aliphatic carbocycles. The van der Waals surface area contributed by atoms with E-state index in [1.165, 1.54) is 6.08 Å². The zero-order chi connectivity index (χ0) is 14.4. The number of anilines is 2. The Morgan fingerprint density at radius 2 is 2.45 bits per heavy atom. The van der Waals surface area contributed by atoms with Crippen LogP contribution in [0.2, 0.25) is 0 Å². The van der Waals surface area contributed by atoms with Crippen molar-refractivity contribution < 1.29 is 4.79 Å². The van der Waals surface area contributed by atoms with Crippen molar-refractivity contribution in [1.82, 2.24) is 15.3 Å². The van der Waals surface area contributed by atoms with Crippen molar-refractivity contribution >= 4 is 17.5 Å². The molecule has 2 rings (SSSR count). The summed E-state index contributed by atoms with van der Waals surface area (Å²) >= 11 is 0. The summed E-state index contributed by atoms with van der Waals surface area (Å²) in [6, 6.07) is 1.95. The van der Waals surface area contributed by atoms with Gasteiger partial charge >= 0.3 is 0 Å². The van der Waals surface area contributed by atoms with Gasteiger partial charge in [0.2, 0.25) is 5.91 Å². The van der Waals surface area contributed by atoms with Crippen LogP contribution in [0.5, 0.6) is 0 Å². The highest BCUT2D eigenvalue weighted by molar-refractivity contribution is 5.86. The van der Waals surface area contributed by atoms with Gasteiger partial charge in [0.1, 0.15) is 18.0 Å². The first-order chi connectivity index (χ1) is 9.72.